The number of aromatic nitrogens is 3. The lowest BCUT2D eigenvalue weighted by Gasteiger charge is -2.22. The molecule has 3 atom stereocenters. The van der Waals surface area contributed by atoms with E-state index >= 15 is 0 Å². The number of hydrogen-bond acceptors (Lipinski definition) is 8. The lowest BCUT2D eigenvalue weighted by atomic mass is 10.1. The number of anilines is 1. The monoisotopic (exact) mass is 596 g/mol. The number of benzene rings is 1. The van der Waals surface area contributed by atoms with E-state index in [0.29, 0.717) is 51.7 Å². The maximum Gasteiger partial charge on any atom is 0.307 e. The number of likely N-dealkylation sites (N-methyl/N-ethyl adjacent to an activating group) is 1. The van der Waals surface area contributed by atoms with Crippen LogP contribution < -0.4 is 9.64 Å². The van der Waals surface area contributed by atoms with Gasteiger partial charge in [-0.3, -0.25) is 9.69 Å². The van der Waals surface area contributed by atoms with Crippen molar-refractivity contribution in [2.75, 3.05) is 51.2 Å². The molecule has 0 amide bonds. The number of likely N-dealkylation sites (tertiary alicyclic amines) is 1. The molecule has 1 saturated carbocycles. The lowest BCUT2D eigenvalue weighted by molar-refractivity contribution is -0.139. The van der Waals surface area contributed by atoms with Crippen molar-refractivity contribution in [3.05, 3.63) is 58.3 Å². The molecule has 3 aliphatic rings. The summed E-state index contributed by atoms with van der Waals surface area (Å²) in [5.74, 6) is 1.44. The van der Waals surface area contributed by atoms with Gasteiger partial charge in [0, 0.05) is 47.9 Å². The number of fused-ring (bicyclic) bond motifs is 1. The van der Waals surface area contributed by atoms with Crippen molar-refractivity contribution in [2.45, 2.75) is 25.8 Å². The minimum atomic E-state index is -0.648. The van der Waals surface area contributed by atoms with E-state index in [9.17, 15) is 9.90 Å². The molecule has 1 aromatic carbocycles. The molecular formula is C30H34Cl2N6O3. The van der Waals surface area contributed by atoms with Gasteiger partial charge >= 0.3 is 5.97 Å². The van der Waals surface area contributed by atoms with Gasteiger partial charge in [0.1, 0.15) is 0 Å². The summed E-state index contributed by atoms with van der Waals surface area (Å²) in [6, 6.07) is 9.36. The summed E-state index contributed by atoms with van der Waals surface area (Å²) in [5, 5.41) is 10.5. The molecule has 2 saturated heterocycles. The van der Waals surface area contributed by atoms with Crippen molar-refractivity contribution in [3.63, 3.8) is 0 Å². The summed E-state index contributed by atoms with van der Waals surface area (Å²) in [4.78, 5) is 32.3. The first kappa shape index (κ1) is 28.2. The third-order valence-corrected chi connectivity index (χ3v) is 8.88. The fourth-order valence-electron chi connectivity index (χ4n) is 6.23. The average Bonchev–Trinajstić information content (AvgIpc) is 3.71. The standard InChI is InChI=1S/C30H34Cl2N6O3/c1-36-5-2-6-38(10-9-36)30-33-16-23(17-34-30)41-27-12-19(11-26(35-27)20-13-21(31)15-22(32)14-20)18-37-7-3-24-25(4-8-37)28(24)29(39)40/h11-17,24-25,28H,2-10,18H2,1H3,(H,39,40)/t24-,25+,28?. The van der Waals surface area contributed by atoms with Gasteiger partial charge in [0.15, 0.2) is 5.75 Å². The molecule has 0 spiro atoms. The molecule has 0 bridgehead atoms. The predicted molar refractivity (Wildman–Crippen MR) is 159 cm³/mol. The van der Waals surface area contributed by atoms with Gasteiger partial charge in [-0.15, -0.1) is 0 Å². The Bertz CT molecular complexity index is 1370. The summed E-state index contributed by atoms with van der Waals surface area (Å²) in [6.07, 6.45) is 6.28. The fourth-order valence-corrected chi connectivity index (χ4v) is 6.76. The number of rotatable bonds is 7. The van der Waals surface area contributed by atoms with E-state index in [4.69, 9.17) is 32.9 Å². The number of carboxylic acid groups (broad SMARTS) is 1. The van der Waals surface area contributed by atoms with Crippen molar-refractivity contribution in [3.8, 4) is 22.9 Å². The van der Waals surface area contributed by atoms with Crippen molar-refractivity contribution in [2.24, 2.45) is 17.8 Å². The molecule has 9 nitrogen and oxygen atoms in total. The average molecular weight is 598 g/mol. The van der Waals surface area contributed by atoms with Crippen LogP contribution in [0.15, 0.2) is 42.7 Å². The van der Waals surface area contributed by atoms with Gasteiger partial charge < -0.3 is 19.6 Å². The molecule has 2 aliphatic heterocycles. The predicted octanol–water partition coefficient (Wildman–Crippen LogP) is 5.32. The van der Waals surface area contributed by atoms with E-state index in [1.165, 1.54) is 0 Å². The number of aliphatic carboxylic acids is 1. The van der Waals surface area contributed by atoms with Crippen LogP contribution in [0.4, 0.5) is 5.95 Å². The third-order valence-electron chi connectivity index (χ3n) is 8.44. The highest BCUT2D eigenvalue weighted by atomic mass is 35.5. The van der Waals surface area contributed by atoms with E-state index in [1.807, 2.05) is 24.3 Å². The number of hydrogen-bond donors (Lipinski definition) is 1. The molecule has 11 heteroatoms. The summed E-state index contributed by atoms with van der Waals surface area (Å²) < 4.78 is 6.19. The molecule has 3 fully saturated rings. The van der Waals surface area contributed by atoms with Crippen LogP contribution in [0.25, 0.3) is 11.3 Å². The van der Waals surface area contributed by atoms with Gasteiger partial charge in [-0.2, -0.15) is 0 Å². The summed E-state index contributed by atoms with van der Waals surface area (Å²) >= 11 is 12.6. The molecule has 1 unspecified atom stereocenters. The Hall–Kier alpha value is -2.98. The van der Waals surface area contributed by atoms with Gasteiger partial charge in [0.25, 0.3) is 0 Å². The minimum absolute atomic E-state index is 0.161. The first-order chi connectivity index (χ1) is 19.8. The number of nitrogens with zero attached hydrogens (tertiary/aromatic N) is 6. The van der Waals surface area contributed by atoms with Crippen LogP contribution in [0.2, 0.25) is 10.0 Å². The maximum absolute atomic E-state index is 11.5. The second kappa shape index (κ2) is 12.1. The zero-order valence-electron chi connectivity index (χ0n) is 23.0. The molecule has 3 aromatic rings. The van der Waals surface area contributed by atoms with Gasteiger partial charge in [-0.05, 0) is 87.6 Å². The minimum Gasteiger partial charge on any atom is -0.481 e. The Balaban J connectivity index is 1.21. The van der Waals surface area contributed by atoms with Crippen LogP contribution in [-0.2, 0) is 11.3 Å². The molecule has 4 heterocycles. The third kappa shape index (κ3) is 6.75. The molecular weight excluding hydrogens is 563 g/mol. The van der Waals surface area contributed by atoms with E-state index in [2.05, 4.69) is 31.7 Å². The van der Waals surface area contributed by atoms with Gasteiger partial charge in [0.05, 0.1) is 24.0 Å². The van der Waals surface area contributed by atoms with Gasteiger partial charge in [0.2, 0.25) is 11.8 Å². The summed E-state index contributed by atoms with van der Waals surface area (Å²) in [6.45, 7) is 6.30. The van der Waals surface area contributed by atoms with Crippen LogP contribution >= 0.6 is 23.2 Å². The van der Waals surface area contributed by atoms with E-state index in [1.54, 1.807) is 18.5 Å². The number of pyridine rings is 1. The van der Waals surface area contributed by atoms with Gasteiger partial charge in [-0.25, -0.2) is 15.0 Å². The SMILES string of the molecule is CN1CCCN(c2ncc(Oc3cc(CN4CC[C@@H]5C(C(=O)O)[C@@H]5CC4)cc(-c4cc(Cl)cc(Cl)c4)n3)cn2)CC1. The highest BCUT2D eigenvalue weighted by molar-refractivity contribution is 6.35. The summed E-state index contributed by atoms with van der Waals surface area (Å²) in [5.41, 5.74) is 2.54. The fraction of sp³-hybridized carbons (Fsp3) is 0.467. The highest BCUT2D eigenvalue weighted by Crippen LogP contribution is 2.52. The van der Waals surface area contributed by atoms with Crippen LogP contribution in [0.1, 0.15) is 24.8 Å². The zero-order valence-corrected chi connectivity index (χ0v) is 24.6. The van der Waals surface area contributed by atoms with Crippen LogP contribution in [0, 0.1) is 17.8 Å². The number of halogens is 2. The first-order valence-electron chi connectivity index (χ1n) is 14.2. The Morgan fingerprint density at radius 2 is 1.66 bits per heavy atom. The van der Waals surface area contributed by atoms with Crippen molar-refractivity contribution in [1.82, 2.24) is 24.8 Å². The van der Waals surface area contributed by atoms with E-state index in [-0.39, 0.29) is 5.92 Å². The summed E-state index contributed by atoms with van der Waals surface area (Å²) in [7, 11) is 2.14. The Morgan fingerprint density at radius 3 is 2.34 bits per heavy atom. The Kier molecular flexibility index (Phi) is 8.30. The molecule has 1 N–H and O–H groups in total. The number of ether oxygens (including phenoxy) is 1. The van der Waals surface area contributed by atoms with Crippen LogP contribution in [-0.4, -0.2) is 82.1 Å². The van der Waals surface area contributed by atoms with Crippen LogP contribution in [0.5, 0.6) is 11.6 Å². The molecule has 216 valence electrons. The first-order valence-corrected chi connectivity index (χ1v) is 14.9. The van der Waals surface area contributed by atoms with Crippen molar-refractivity contribution < 1.29 is 14.6 Å². The maximum atomic E-state index is 11.5. The topological polar surface area (TPSA) is 94.9 Å². The molecule has 0 radical (unpaired) electrons. The quantitative estimate of drug-likeness (QED) is 0.388. The number of carboxylic acids is 1. The second-order valence-electron chi connectivity index (χ2n) is 11.4. The molecule has 6 rings (SSSR count). The van der Waals surface area contributed by atoms with Crippen LogP contribution in [0.3, 0.4) is 0 Å². The second-order valence-corrected chi connectivity index (χ2v) is 12.2. The van der Waals surface area contributed by atoms with Crippen molar-refractivity contribution in [1.29, 1.82) is 0 Å². The van der Waals surface area contributed by atoms with Crippen molar-refractivity contribution >= 4 is 35.1 Å². The molecule has 1 aliphatic carbocycles. The van der Waals surface area contributed by atoms with E-state index in [0.717, 1.165) is 69.7 Å². The normalized spacial score (nSPS) is 23.4. The molecule has 41 heavy (non-hydrogen) atoms. The Labute approximate surface area is 250 Å². The van der Waals surface area contributed by atoms with Gasteiger partial charge in [-0.1, -0.05) is 23.2 Å². The smallest absolute Gasteiger partial charge is 0.307 e. The Morgan fingerprint density at radius 1 is 0.951 bits per heavy atom. The zero-order chi connectivity index (χ0) is 28.5. The van der Waals surface area contributed by atoms with E-state index < -0.39 is 5.97 Å². The number of carbonyl (C=O) groups is 1. The largest absolute Gasteiger partial charge is 0.481 e. The highest BCUT2D eigenvalue weighted by Gasteiger charge is 2.54. The molecule has 2 aromatic heterocycles. The lowest BCUT2D eigenvalue weighted by Crippen LogP contribution is -2.30.